The number of halogens is 1. The zero-order chi connectivity index (χ0) is 9.84. The molecule has 13 heavy (non-hydrogen) atoms. The SMILES string of the molecule is CC(C=O)c1ccc(Cl)c(C#N)c1. The van der Waals surface area contributed by atoms with Gasteiger partial charge in [0, 0.05) is 5.92 Å². The minimum atomic E-state index is -0.190. The number of carbonyl (C=O) groups is 1. The van der Waals surface area contributed by atoms with E-state index in [0.29, 0.717) is 10.6 Å². The van der Waals surface area contributed by atoms with Crippen LogP contribution in [0, 0.1) is 11.3 Å². The number of benzene rings is 1. The summed E-state index contributed by atoms with van der Waals surface area (Å²) in [5, 5.41) is 9.10. The molecular formula is C10H8ClNO. The average molecular weight is 194 g/mol. The van der Waals surface area contributed by atoms with E-state index in [2.05, 4.69) is 0 Å². The van der Waals surface area contributed by atoms with Crippen LogP contribution in [0.3, 0.4) is 0 Å². The van der Waals surface area contributed by atoms with Crippen molar-refractivity contribution < 1.29 is 4.79 Å². The van der Waals surface area contributed by atoms with Gasteiger partial charge < -0.3 is 4.79 Å². The molecule has 0 saturated carbocycles. The molecule has 0 bridgehead atoms. The molecular weight excluding hydrogens is 186 g/mol. The van der Waals surface area contributed by atoms with E-state index in [1.807, 2.05) is 6.07 Å². The minimum absolute atomic E-state index is 0.190. The summed E-state index contributed by atoms with van der Waals surface area (Å²) in [6.45, 7) is 1.78. The standard InChI is InChI=1S/C10H8ClNO/c1-7(6-13)8-2-3-10(11)9(4-8)5-12/h2-4,6-7H,1H3. The normalized spacial score (nSPS) is 11.8. The summed E-state index contributed by atoms with van der Waals surface area (Å²) in [5.74, 6) is -0.190. The molecule has 0 aliphatic rings. The first-order valence-corrected chi connectivity index (χ1v) is 4.21. The zero-order valence-corrected chi connectivity index (χ0v) is 7.88. The van der Waals surface area contributed by atoms with E-state index in [1.54, 1.807) is 25.1 Å². The van der Waals surface area contributed by atoms with Crippen LogP contribution in [-0.2, 0) is 4.79 Å². The highest BCUT2D eigenvalue weighted by Crippen LogP contribution is 2.20. The van der Waals surface area contributed by atoms with Crippen LogP contribution in [0.1, 0.15) is 24.0 Å². The smallest absolute Gasteiger partial charge is 0.127 e. The maximum absolute atomic E-state index is 10.5. The molecule has 0 amide bonds. The Morgan fingerprint density at radius 2 is 2.31 bits per heavy atom. The third-order valence-electron chi connectivity index (χ3n) is 1.84. The number of nitrogens with zero attached hydrogens (tertiary/aromatic N) is 1. The Hall–Kier alpha value is -1.33. The lowest BCUT2D eigenvalue weighted by molar-refractivity contribution is -0.108. The second-order valence-corrected chi connectivity index (χ2v) is 3.18. The highest BCUT2D eigenvalue weighted by atomic mass is 35.5. The van der Waals surface area contributed by atoms with Gasteiger partial charge in [0.05, 0.1) is 10.6 Å². The molecule has 3 heteroatoms. The maximum atomic E-state index is 10.5. The summed E-state index contributed by atoms with van der Waals surface area (Å²) in [4.78, 5) is 10.5. The Labute approximate surface area is 81.7 Å². The molecule has 0 spiro atoms. The van der Waals surface area contributed by atoms with Crippen molar-refractivity contribution in [2.45, 2.75) is 12.8 Å². The van der Waals surface area contributed by atoms with Crippen LogP contribution in [0.5, 0.6) is 0 Å². The second kappa shape index (κ2) is 4.06. The van der Waals surface area contributed by atoms with Crippen molar-refractivity contribution in [2.75, 3.05) is 0 Å². The van der Waals surface area contributed by atoms with Gasteiger partial charge in [-0.3, -0.25) is 0 Å². The van der Waals surface area contributed by atoms with Gasteiger partial charge in [0.25, 0.3) is 0 Å². The van der Waals surface area contributed by atoms with E-state index < -0.39 is 0 Å². The van der Waals surface area contributed by atoms with E-state index in [4.69, 9.17) is 16.9 Å². The van der Waals surface area contributed by atoms with Crippen LogP contribution >= 0.6 is 11.6 Å². The van der Waals surface area contributed by atoms with Gasteiger partial charge in [0.15, 0.2) is 0 Å². The second-order valence-electron chi connectivity index (χ2n) is 2.78. The molecule has 0 N–H and O–H groups in total. The lowest BCUT2D eigenvalue weighted by Gasteiger charge is -2.04. The van der Waals surface area contributed by atoms with Gasteiger partial charge in [-0.25, -0.2) is 0 Å². The number of nitriles is 1. The summed E-state index contributed by atoms with van der Waals surface area (Å²) in [7, 11) is 0. The Morgan fingerprint density at radius 1 is 1.62 bits per heavy atom. The van der Waals surface area contributed by atoms with E-state index >= 15 is 0 Å². The lowest BCUT2D eigenvalue weighted by atomic mass is 10.0. The topological polar surface area (TPSA) is 40.9 Å². The van der Waals surface area contributed by atoms with Gasteiger partial charge in [-0.15, -0.1) is 0 Å². The van der Waals surface area contributed by atoms with Crippen molar-refractivity contribution in [3.63, 3.8) is 0 Å². The fraction of sp³-hybridized carbons (Fsp3) is 0.200. The van der Waals surface area contributed by atoms with Crippen molar-refractivity contribution in [1.82, 2.24) is 0 Å². The molecule has 1 aromatic carbocycles. The molecule has 2 nitrogen and oxygen atoms in total. The van der Waals surface area contributed by atoms with Crippen molar-refractivity contribution in [3.05, 3.63) is 34.3 Å². The summed E-state index contributed by atoms with van der Waals surface area (Å²) in [5.41, 5.74) is 1.23. The van der Waals surface area contributed by atoms with Crippen molar-refractivity contribution in [1.29, 1.82) is 5.26 Å². The van der Waals surface area contributed by atoms with Crippen molar-refractivity contribution in [3.8, 4) is 6.07 Å². The summed E-state index contributed by atoms with van der Waals surface area (Å²) in [6, 6.07) is 6.99. The minimum Gasteiger partial charge on any atom is -0.303 e. The van der Waals surface area contributed by atoms with Gasteiger partial charge in [0.2, 0.25) is 0 Å². The molecule has 66 valence electrons. The molecule has 0 fully saturated rings. The van der Waals surface area contributed by atoms with Gasteiger partial charge in [-0.2, -0.15) is 5.26 Å². The highest BCUT2D eigenvalue weighted by molar-refractivity contribution is 6.31. The predicted molar refractivity (Wildman–Crippen MR) is 50.6 cm³/mol. The number of hydrogen-bond acceptors (Lipinski definition) is 2. The van der Waals surface area contributed by atoms with Crippen LogP contribution in [0.2, 0.25) is 5.02 Å². The van der Waals surface area contributed by atoms with Crippen LogP contribution in [0.15, 0.2) is 18.2 Å². The molecule has 0 aromatic heterocycles. The Balaban J connectivity index is 3.15. The largest absolute Gasteiger partial charge is 0.303 e. The van der Waals surface area contributed by atoms with Crippen molar-refractivity contribution >= 4 is 17.9 Å². The fourth-order valence-corrected chi connectivity index (χ4v) is 1.15. The van der Waals surface area contributed by atoms with Crippen LogP contribution in [-0.4, -0.2) is 6.29 Å². The number of carbonyl (C=O) groups excluding carboxylic acids is 1. The van der Waals surface area contributed by atoms with E-state index in [9.17, 15) is 4.79 Å². The average Bonchev–Trinajstić information content (AvgIpc) is 2.17. The summed E-state index contributed by atoms with van der Waals surface area (Å²) < 4.78 is 0. The van der Waals surface area contributed by atoms with Crippen LogP contribution in [0.4, 0.5) is 0 Å². The molecule has 1 atom stereocenters. The van der Waals surface area contributed by atoms with E-state index in [1.165, 1.54) is 0 Å². The molecule has 0 saturated heterocycles. The van der Waals surface area contributed by atoms with Crippen LogP contribution in [0.25, 0.3) is 0 Å². The highest BCUT2D eigenvalue weighted by Gasteiger charge is 2.06. The fourth-order valence-electron chi connectivity index (χ4n) is 0.990. The Bertz CT molecular complexity index is 368. The Kier molecular flexibility index (Phi) is 3.05. The third kappa shape index (κ3) is 2.07. The quantitative estimate of drug-likeness (QED) is 0.678. The Morgan fingerprint density at radius 3 is 2.85 bits per heavy atom. The van der Waals surface area contributed by atoms with Gasteiger partial charge in [0.1, 0.15) is 12.4 Å². The first-order chi connectivity index (χ1) is 6.19. The van der Waals surface area contributed by atoms with Gasteiger partial charge in [-0.05, 0) is 17.7 Å². The molecule has 1 unspecified atom stereocenters. The summed E-state index contributed by atoms with van der Waals surface area (Å²) in [6.07, 6.45) is 0.838. The van der Waals surface area contributed by atoms with Crippen LogP contribution < -0.4 is 0 Å². The number of rotatable bonds is 2. The molecule has 1 rings (SSSR count). The molecule has 0 aliphatic heterocycles. The molecule has 0 heterocycles. The van der Waals surface area contributed by atoms with E-state index in [-0.39, 0.29) is 5.92 Å². The predicted octanol–water partition coefficient (Wildman–Crippen LogP) is 2.51. The zero-order valence-electron chi connectivity index (χ0n) is 7.12. The number of aldehydes is 1. The molecule has 0 radical (unpaired) electrons. The van der Waals surface area contributed by atoms with Gasteiger partial charge >= 0.3 is 0 Å². The molecule has 1 aromatic rings. The summed E-state index contributed by atoms with van der Waals surface area (Å²) >= 11 is 5.73. The maximum Gasteiger partial charge on any atom is 0.127 e. The lowest BCUT2D eigenvalue weighted by Crippen LogP contribution is -1.94. The molecule has 0 aliphatic carbocycles. The first kappa shape index (κ1) is 9.76. The monoisotopic (exact) mass is 193 g/mol. The van der Waals surface area contributed by atoms with Gasteiger partial charge in [-0.1, -0.05) is 24.6 Å². The number of hydrogen-bond donors (Lipinski definition) is 0. The van der Waals surface area contributed by atoms with E-state index in [0.717, 1.165) is 11.8 Å². The first-order valence-electron chi connectivity index (χ1n) is 3.84. The third-order valence-corrected chi connectivity index (χ3v) is 2.17. The van der Waals surface area contributed by atoms with Crippen molar-refractivity contribution in [2.24, 2.45) is 0 Å².